The minimum atomic E-state index is -1.06. The second-order valence-electron chi connectivity index (χ2n) is 5.39. The molecule has 0 saturated carbocycles. The van der Waals surface area contributed by atoms with Crippen molar-refractivity contribution >= 4 is 11.9 Å². The van der Waals surface area contributed by atoms with E-state index in [4.69, 9.17) is 5.11 Å². The largest absolute Gasteiger partial charge is 0.480 e. The molecular weight excluding hydrogens is 275 g/mol. The number of carbonyl (C=O) groups excluding carboxylic acids is 1. The number of carbonyl (C=O) groups is 2. The molecule has 0 aliphatic rings. The van der Waals surface area contributed by atoms with Gasteiger partial charge in [0, 0.05) is 12.1 Å². The number of aliphatic carboxylic acids is 1. The number of rotatable bonds is 7. The normalized spacial score (nSPS) is 12.5. The molecule has 0 saturated heterocycles. The average Bonchev–Trinajstić information content (AvgIpc) is 2.38. The third-order valence-corrected chi connectivity index (χ3v) is 3.06. The van der Waals surface area contributed by atoms with Crippen molar-refractivity contribution in [2.75, 3.05) is 13.6 Å². The summed E-state index contributed by atoms with van der Waals surface area (Å²) in [7, 11) is 1.68. The predicted molar refractivity (Wildman–Crippen MR) is 77.1 cm³/mol. The number of halogens is 1. The number of hydrogen-bond donors (Lipinski definition) is 2. The summed E-state index contributed by atoms with van der Waals surface area (Å²) in [6, 6.07) is 5.43. The third-order valence-electron chi connectivity index (χ3n) is 3.06. The van der Waals surface area contributed by atoms with E-state index in [1.54, 1.807) is 44.0 Å². The van der Waals surface area contributed by atoms with Crippen molar-refractivity contribution in [2.45, 2.75) is 26.4 Å². The van der Waals surface area contributed by atoms with Crippen LogP contribution in [0.3, 0.4) is 0 Å². The lowest BCUT2D eigenvalue weighted by Gasteiger charge is -2.21. The Morgan fingerprint density at radius 1 is 1.33 bits per heavy atom. The second-order valence-corrected chi connectivity index (χ2v) is 5.39. The summed E-state index contributed by atoms with van der Waals surface area (Å²) < 4.78 is 13.5. The van der Waals surface area contributed by atoms with Crippen LogP contribution >= 0.6 is 0 Å². The lowest BCUT2D eigenvalue weighted by molar-refractivity contribution is -0.143. The van der Waals surface area contributed by atoms with Gasteiger partial charge in [-0.1, -0.05) is 32.0 Å². The fraction of sp³-hybridized carbons (Fsp3) is 0.467. The average molecular weight is 296 g/mol. The topological polar surface area (TPSA) is 69.6 Å². The van der Waals surface area contributed by atoms with Crippen molar-refractivity contribution < 1.29 is 19.1 Å². The number of likely N-dealkylation sites (N-methyl/N-ethyl adjacent to an activating group) is 1. The summed E-state index contributed by atoms with van der Waals surface area (Å²) in [5, 5.41) is 11.5. The highest BCUT2D eigenvalue weighted by molar-refractivity contribution is 5.84. The number of hydrogen-bond acceptors (Lipinski definition) is 3. The Morgan fingerprint density at radius 2 is 1.95 bits per heavy atom. The number of benzene rings is 1. The molecule has 5 nitrogen and oxygen atoms in total. The molecule has 0 aromatic heterocycles. The van der Waals surface area contributed by atoms with Gasteiger partial charge in [-0.25, -0.2) is 9.18 Å². The van der Waals surface area contributed by atoms with Gasteiger partial charge in [0.15, 0.2) is 0 Å². The van der Waals surface area contributed by atoms with Crippen LogP contribution in [0.4, 0.5) is 4.39 Å². The van der Waals surface area contributed by atoms with Crippen LogP contribution in [-0.4, -0.2) is 41.5 Å². The smallest absolute Gasteiger partial charge is 0.326 e. The van der Waals surface area contributed by atoms with E-state index in [2.05, 4.69) is 5.32 Å². The first-order valence-electron chi connectivity index (χ1n) is 6.75. The van der Waals surface area contributed by atoms with Crippen molar-refractivity contribution in [1.82, 2.24) is 10.2 Å². The molecule has 0 aliphatic heterocycles. The van der Waals surface area contributed by atoms with Gasteiger partial charge in [-0.05, 0) is 19.0 Å². The van der Waals surface area contributed by atoms with E-state index in [0.717, 1.165) is 0 Å². The molecule has 0 unspecified atom stereocenters. The molecule has 0 spiro atoms. The Hall–Kier alpha value is -1.95. The van der Waals surface area contributed by atoms with Crippen LogP contribution in [0, 0.1) is 11.7 Å². The zero-order chi connectivity index (χ0) is 16.0. The summed E-state index contributed by atoms with van der Waals surface area (Å²) in [5.41, 5.74) is 0.492. The fourth-order valence-corrected chi connectivity index (χ4v) is 1.95. The number of carboxylic acids is 1. The Kier molecular flexibility index (Phi) is 6.30. The quantitative estimate of drug-likeness (QED) is 0.799. The number of nitrogens with one attached hydrogen (secondary N) is 1. The van der Waals surface area contributed by atoms with Gasteiger partial charge in [0.2, 0.25) is 5.91 Å². The van der Waals surface area contributed by atoms with Crippen LogP contribution in [-0.2, 0) is 16.1 Å². The van der Waals surface area contributed by atoms with Crippen molar-refractivity contribution in [1.29, 1.82) is 0 Å². The fourth-order valence-electron chi connectivity index (χ4n) is 1.95. The van der Waals surface area contributed by atoms with Crippen molar-refractivity contribution in [3.63, 3.8) is 0 Å². The van der Waals surface area contributed by atoms with E-state index in [9.17, 15) is 14.0 Å². The van der Waals surface area contributed by atoms with Gasteiger partial charge in [0.05, 0.1) is 6.54 Å². The molecule has 1 rings (SSSR count). The molecule has 2 N–H and O–H groups in total. The van der Waals surface area contributed by atoms with E-state index in [0.29, 0.717) is 5.56 Å². The molecule has 1 aromatic carbocycles. The highest BCUT2D eigenvalue weighted by Crippen LogP contribution is 2.08. The van der Waals surface area contributed by atoms with E-state index in [-0.39, 0.29) is 24.8 Å². The Labute approximate surface area is 123 Å². The monoisotopic (exact) mass is 296 g/mol. The van der Waals surface area contributed by atoms with Gasteiger partial charge in [-0.15, -0.1) is 0 Å². The number of nitrogens with zero attached hydrogens (tertiary/aromatic N) is 1. The standard InChI is InChI=1S/C15H21FN2O3/c1-10(2)14(15(20)21)17-13(19)9-18(3)8-11-6-4-5-7-12(11)16/h4-7,10,14H,8-9H2,1-3H3,(H,17,19)(H,20,21)/t14-/m0/s1. The molecule has 21 heavy (non-hydrogen) atoms. The van der Waals surface area contributed by atoms with E-state index in [1.165, 1.54) is 6.07 Å². The summed E-state index contributed by atoms with van der Waals surface area (Å²) in [5.74, 6) is -1.98. The molecule has 1 amide bonds. The molecule has 1 aromatic rings. The Morgan fingerprint density at radius 3 is 2.48 bits per heavy atom. The Balaban J connectivity index is 2.54. The van der Waals surface area contributed by atoms with Crippen molar-refractivity contribution in [3.05, 3.63) is 35.6 Å². The van der Waals surface area contributed by atoms with Crippen molar-refractivity contribution in [2.24, 2.45) is 5.92 Å². The summed E-state index contributed by atoms with van der Waals surface area (Å²) >= 11 is 0. The van der Waals surface area contributed by atoms with Gasteiger partial charge in [-0.2, -0.15) is 0 Å². The molecule has 0 radical (unpaired) electrons. The third kappa shape index (κ3) is 5.51. The maximum absolute atomic E-state index is 13.5. The molecule has 0 bridgehead atoms. The lowest BCUT2D eigenvalue weighted by atomic mass is 10.0. The van der Waals surface area contributed by atoms with E-state index < -0.39 is 17.9 Å². The molecule has 0 aliphatic carbocycles. The van der Waals surface area contributed by atoms with E-state index >= 15 is 0 Å². The molecule has 0 fully saturated rings. The van der Waals surface area contributed by atoms with Crippen LogP contribution in [0.25, 0.3) is 0 Å². The van der Waals surface area contributed by atoms with Gasteiger partial charge < -0.3 is 10.4 Å². The molecule has 0 heterocycles. The molecular formula is C15H21FN2O3. The minimum Gasteiger partial charge on any atom is -0.480 e. The highest BCUT2D eigenvalue weighted by Gasteiger charge is 2.23. The number of amides is 1. The summed E-state index contributed by atoms with van der Waals surface area (Å²) in [4.78, 5) is 24.5. The Bertz CT molecular complexity index is 505. The van der Waals surface area contributed by atoms with Crippen molar-refractivity contribution in [3.8, 4) is 0 Å². The van der Waals surface area contributed by atoms with Gasteiger partial charge >= 0.3 is 5.97 Å². The first-order chi connectivity index (χ1) is 9.81. The number of carboxylic acid groups (broad SMARTS) is 1. The first-order valence-corrected chi connectivity index (χ1v) is 6.75. The first kappa shape index (κ1) is 17.1. The zero-order valence-electron chi connectivity index (χ0n) is 12.5. The summed E-state index contributed by atoms with van der Waals surface area (Å²) in [6.07, 6.45) is 0. The molecule has 1 atom stereocenters. The zero-order valence-corrected chi connectivity index (χ0v) is 12.5. The highest BCUT2D eigenvalue weighted by atomic mass is 19.1. The van der Waals surface area contributed by atoms with Crippen LogP contribution in [0.5, 0.6) is 0 Å². The van der Waals surface area contributed by atoms with Gasteiger partial charge in [0.1, 0.15) is 11.9 Å². The predicted octanol–water partition coefficient (Wildman–Crippen LogP) is 1.48. The SMILES string of the molecule is CC(C)[C@H](NC(=O)CN(C)Cc1ccccc1F)C(=O)O. The second kappa shape index (κ2) is 7.73. The maximum atomic E-state index is 13.5. The lowest BCUT2D eigenvalue weighted by Crippen LogP contribution is -2.47. The summed E-state index contributed by atoms with van der Waals surface area (Å²) in [6.45, 7) is 3.73. The van der Waals surface area contributed by atoms with Crippen LogP contribution in [0.15, 0.2) is 24.3 Å². The van der Waals surface area contributed by atoms with E-state index in [1.807, 2.05) is 0 Å². The van der Waals surface area contributed by atoms with Gasteiger partial charge in [-0.3, -0.25) is 9.69 Å². The van der Waals surface area contributed by atoms with Crippen LogP contribution in [0.2, 0.25) is 0 Å². The van der Waals surface area contributed by atoms with Crippen LogP contribution < -0.4 is 5.32 Å². The maximum Gasteiger partial charge on any atom is 0.326 e. The van der Waals surface area contributed by atoms with Gasteiger partial charge in [0.25, 0.3) is 0 Å². The van der Waals surface area contributed by atoms with Crippen LogP contribution in [0.1, 0.15) is 19.4 Å². The molecule has 6 heteroatoms. The minimum absolute atomic E-state index is 0.00480. The molecule has 116 valence electrons.